The van der Waals surface area contributed by atoms with Gasteiger partial charge in [0.15, 0.2) is 0 Å². The van der Waals surface area contributed by atoms with Gasteiger partial charge in [-0.15, -0.1) is 0 Å². The number of nitrogens with one attached hydrogen (secondary N) is 1. The second-order valence-corrected chi connectivity index (χ2v) is 6.99. The lowest BCUT2D eigenvalue weighted by Gasteiger charge is -2.22. The topological polar surface area (TPSA) is 75.7 Å². The minimum Gasteiger partial charge on any atom is -0.457 e. The van der Waals surface area contributed by atoms with E-state index < -0.39 is 6.04 Å². The predicted molar refractivity (Wildman–Crippen MR) is 104 cm³/mol. The molecule has 1 N–H and O–H groups in total. The molecule has 0 spiro atoms. The lowest BCUT2D eigenvalue weighted by atomic mass is 9.96. The van der Waals surface area contributed by atoms with Crippen molar-refractivity contribution in [3.63, 3.8) is 0 Å². The Morgan fingerprint density at radius 2 is 1.96 bits per heavy atom. The fourth-order valence-electron chi connectivity index (χ4n) is 3.83. The van der Waals surface area contributed by atoms with Gasteiger partial charge in [-0.25, -0.2) is 4.79 Å². The molecule has 142 valence electrons. The minimum absolute atomic E-state index is 0.0795. The Hall–Kier alpha value is -3.41. The van der Waals surface area contributed by atoms with Crippen molar-refractivity contribution in [1.82, 2.24) is 4.90 Å². The van der Waals surface area contributed by atoms with E-state index in [1.807, 2.05) is 30.3 Å². The molecule has 0 bridgehead atoms. The molecule has 2 heterocycles. The zero-order valence-corrected chi connectivity index (χ0v) is 15.3. The molecule has 2 aliphatic heterocycles. The van der Waals surface area contributed by atoms with Crippen LogP contribution >= 0.6 is 0 Å². The number of hydrogen-bond donors (Lipinski definition) is 1. The summed E-state index contributed by atoms with van der Waals surface area (Å²) >= 11 is 0. The molecule has 0 aliphatic carbocycles. The maximum Gasteiger partial charge on any atom is 0.338 e. The van der Waals surface area contributed by atoms with Gasteiger partial charge in [-0.1, -0.05) is 43.0 Å². The monoisotopic (exact) mass is 376 g/mol. The van der Waals surface area contributed by atoms with Crippen LogP contribution in [0.1, 0.15) is 33.8 Å². The molecular formula is C22H20N2O4. The molecule has 6 heteroatoms. The van der Waals surface area contributed by atoms with E-state index in [9.17, 15) is 14.4 Å². The molecule has 0 aromatic heterocycles. The van der Waals surface area contributed by atoms with E-state index in [0.717, 1.165) is 11.1 Å². The number of esters is 1. The molecule has 1 saturated heterocycles. The summed E-state index contributed by atoms with van der Waals surface area (Å²) in [6.45, 7) is 4.27. The summed E-state index contributed by atoms with van der Waals surface area (Å²) in [5, 5.41) is 2.84. The van der Waals surface area contributed by atoms with Crippen LogP contribution in [0.4, 0.5) is 5.69 Å². The van der Waals surface area contributed by atoms with Gasteiger partial charge >= 0.3 is 5.97 Å². The number of anilines is 1. The number of hydrogen-bond acceptors (Lipinski definition) is 4. The summed E-state index contributed by atoms with van der Waals surface area (Å²) in [4.78, 5) is 38.6. The van der Waals surface area contributed by atoms with E-state index >= 15 is 0 Å². The molecule has 1 fully saturated rings. The summed E-state index contributed by atoms with van der Waals surface area (Å²) in [6, 6.07) is 14.4. The molecule has 2 aliphatic rings. The minimum atomic E-state index is -0.601. The number of likely N-dealkylation sites (tertiary alicyclic amines) is 1. The number of ether oxygens (including phenoxy) is 1. The first-order valence-electron chi connectivity index (χ1n) is 9.15. The Morgan fingerprint density at radius 1 is 1.18 bits per heavy atom. The van der Waals surface area contributed by atoms with Gasteiger partial charge in [-0.05, 0) is 30.2 Å². The largest absolute Gasteiger partial charge is 0.457 e. The highest BCUT2D eigenvalue weighted by Crippen LogP contribution is 2.33. The molecule has 2 aromatic carbocycles. The Bertz CT molecular complexity index is 954. The SMILES string of the molecule is C=CC(=O)N1C[C@H](c2ccccc2)C[C@H]1C(=O)Nc1ccc2c(c1)C(=O)OC2. The van der Waals surface area contributed by atoms with Crippen molar-refractivity contribution in [3.05, 3.63) is 77.9 Å². The van der Waals surface area contributed by atoms with Crippen molar-refractivity contribution < 1.29 is 19.1 Å². The molecule has 6 nitrogen and oxygen atoms in total. The van der Waals surface area contributed by atoms with Gasteiger partial charge in [0.1, 0.15) is 12.6 Å². The van der Waals surface area contributed by atoms with Crippen LogP contribution in [0.2, 0.25) is 0 Å². The third-order valence-corrected chi connectivity index (χ3v) is 5.29. The van der Waals surface area contributed by atoms with E-state index in [0.29, 0.717) is 24.2 Å². The van der Waals surface area contributed by atoms with E-state index in [4.69, 9.17) is 4.74 Å². The van der Waals surface area contributed by atoms with Crippen molar-refractivity contribution in [2.45, 2.75) is 25.0 Å². The van der Waals surface area contributed by atoms with Gasteiger partial charge in [0.25, 0.3) is 0 Å². The number of benzene rings is 2. The lowest BCUT2D eigenvalue weighted by Crippen LogP contribution is -2.42. The van der Waals surface area contributed by atoms with Crippen LogP contribution in [0.3, 0.4) is 0 Å². The quantitative estimate of drug-likeness (QED) is 0.658. The molecule has 2 aromatic rings. The molecule has 28 heavy (non-hydrogen) atoms. The number of fused-ring (bicyclic) bond motifs is 1. The zero-order chi connectivity index (χ0) is 19.7. The fourth-order valence-corrected chi connectivity index (χ4v) is 3.83. The number of rotatable bonds is 4. The number of carbonyl (C=O) groups excluding carboxylic acids is 3. The van der Waals surface area contributed by atoms with Crippen LogP contribution in [0, 0.1) is 0 Å². The highest BCUT2D eigenvalue weighted by molar-refractivity contribution is 6.01. The molecule has 0 unspecified atom stereocenters. The average Bonchev–Trinajstić information content (AvgIpc) is 3.33. The average molecular weight is 376 g/mol. The fraction of sp³-hybridized carbons (Fsp3) is 0.227. The summed E-state index contributed by atoms with van der Waals surface area (Å²) in [6.07, 6.45) is 1.77. The molecule has 0 saturated carbocycles. The summed E-state index contributed by atoms with van der Waals surface area (Å²) < 4.78 is 4.99. The molecule has 2 amide bonds. The van der Waals surface area contributed by atoms with Crippen molar-refractivity contribution in [2.24, 2.45) is 0 Å². The van der Waals surface area contributed by atoms with Crippen LogP contribution in [-0.4, -0.2) is 35.3 Å². The zero-order valence-electron chi connectivity index (χ0n) is 15.3. The Balaban J connectivity index is 1.54. The summed E-state index contributed by atoms with van der Waals surface area (Å²) in [7, 11) is 0. The lowest BCUT2D eigenvalue weighted by molar-refractivity contribution is -0.132. The van der Waals surface area contributed by atoms with Gasteiger partial charge in [0, 0.05) is 23.7 Å². The van der Waals surface area contributed by atoms with Crippen LogP contribution in [-0.2, 0) is 20.9 Å². The van der Waals surface area contributed by atoms with Gasteiger partial charge in [0.05, 0.1) is 5.56 Å². The standard InChI is InChI=1S/C22H20N2O4/c1-2-20(25)24-12-16(14-6-4-3-5-7-14)10-19(24)21(26)23-17-9-8-15-13-28-22(27)18(15)11-17/h2-9,11,16,19H,1,10,12-13H2,(H,23,26)/t16-,19+/m1/s1. The number of carbonyl (C=O) groups is 3. The highest BCUT2D eigenvalue weighted by atomic mass is 16.5. The highest BCUT2D eigenvalue weighted by Gasteiger charge is 2.39. The first-order valence-corrected chi connectivity index (χ1v) is 9.15. The predicted octanol–water partition coefficient (Wildman–Crippen LogP) is 2.87. The maximum atomic E-state index is 12.9. The van der Waals surface area contributed by atoms with Crippen molar-refractivity contribution in [2.75, 3.05) is 11.9 Å². The van der Waals surface area contributed by atoms with Crippen molar-refractivity contribution in [1.29, 1.82) is 0 Å². The number of nitrogens with zero attached hydrogens (tertiary/aromatic N) is 1. The van der Waals surface area contributed by atoms with Crippen LogP contribution in [0.25, 0.3) is 0 Å². The van der Waals surface area contributed by atoms with E-state index in [1.165, 1.54) is 6.08 Å². The second kappa shape index (κ2) is 7.31. The molecule has 2 atom stereocenters. The number of cyclic esters (lactones) is 1. The van der Waals surface area contributed by atoms with Gasteiger partial charge in [-0.3, -0.25) is 9.59 Å². The molecule has 0 radical (unpaired) electrons. The van der Waals surface area contributed by atoms with Gasteiger partial charge in [-0.2, -0.15) is 0 Å². The van der Waals surface area contributed by atoms with Crippen LogP contribution in [0.15, 0.2) is 61.2 Å². The van der Waals surface area contributed by atoms with Crippen molar-refractivity contribution >= 4 is 23.5 Å². The smallest absolute Gasteiger partial charge is 0.338 e. The van der Waals surface area contributed by atoms with E-state index in [-0.39, 0.29) is 30.3 Å². The summed E-state index contributed by atoms with van der Waals surface area (Å²) in [5.41, 5.74) is 2.87. The maximum absolute atomic E-state index is 12.9. The third-order valence-electron chi connectivity index (χ3n) is 5.29. The Labute approximate surface area is 162 Å². The van der Waals surface area contributed by atoms with Crippen molar-refractivity contribution in [3.8, 4) is 0 Å². The van der Waals surface area contributed by atoms with E-state index in [1.54, 1.807) is 23.1 Å². The normalized spacial score (nSPS) is 20.4. The molecule has 4 rings (SSSR count). The Kier molecular flexibility index (Phi) is 4.69. The number of amides is 2. The van der Waals surface area contributed by atoms with Crippen LogP contribution < -0.4 is 5.32 Å². The van der Waals surface area contributed by atoms with Gasteiger partial charge in [0.2, 0.25) is 11.8 Å². The third kappa shape index (κ3) is 3.29. The Morgan fingerprint density at radius 3 is 2.71 bits per heavy atom. The first-order chi connectivity index (χ1) is 13.6. The first kappa shape index (κ1) is 18.0. The summed E-state index contributed by atoms with van der Waals surface area (Å²) in [5.74, 6) is -0.855. The van der Waals surface area contributed by atoms with E-state index in [2.05, 4.69) is 11.9 Å². The second-order valence-electron chi connectivity index (χ2n) is 6.99. The van der Waals surface area contributed by atoms with Crippen LogP contribution in [0.5, 0.6) is 0 Å². The molecular weight excluding hydrogens is 356 g/mol. The van der Waals surface area contributed by atoms with Gasteiger partial charge < -0.3 is 15.0 Å².